The van der Waals surface area contributed by atoms with Crippen LogP contribution in [0.2, 0.25) is 0 Å². The zero-order valence-electron chi connectivity index (χ0n) is 21.2. The Kier molecular flexibility index (Phi) is 7.07. The number of nitrogens with two attached hydrogens (primary N) is 1. The Bertz CT molecular complexity index is 1210. The Morgan fingerprint density at radius 1 is 1.17 bits per heavy atom. The molecule has 2 aromatic carbocycles. The number of ether oxygens (including phenoxy) is 4. The first-order valence-electron chi connectivity index (χ1n) is 12.7. The fraction of sp³-hybridized carbons (Fsp3) is 0.464. The van der Waals surface area contributed by atoms with Crippen LogP contribution in [-0.4, -0.2) is 42.9 Å². The predicted octanol–water partition coefficient (Wildman–Crippen LogP) is 5.96. The third-order valence-corrected chi connectivity index (χ3v) is 7.22. The van der Waals surface area contributed by atoms with Crippen LogP contribution in [0.25, 0.3) is 22.2 Å². The van der Waals surface area contributed by atoms with Crippen LogP contribution in [-0.2, 0) is 14.2 Å². The summed E-state index contributed by atoms with van der Waals surface area (Å²) in [5.41, 5.74) is 11.3. The number of nitrogens with one attached hydrogen (secondary N) is 1. The molecule has 3 N–H and O–H groups in total. The van der Waals surface area contributed by atoms with Gasteiger partial charge in [0.15, 0.2) is 0 Å². The zero-order chi connectivity index (χ0) is 25.2. The number of benzene rings is 2. The van der Waals surface area contributed by atoms with Crippen molar-refractivity contribution >= 4 is 28.4 Å². The van der Waals surface area contributed by atoms with Crippen molar-refractivity contribution in [2.24, 2.45) is 5.92 Å². The molecule has 1 aliphatic carbocycles. The minimum absolute atomic E-state index is 0.0498. The largest absolute Gasteiger partial charge is 0.491 e. The van der Waals surface area contributed by atoms with Crippen molar-refractivity contribution in [2.75, 3.05) is 31.1 Å². The van der Waals surface area contributed by atoms with E-state index in [2.05, 4.69) is 16.0 Å². The maximum Gasteiger partial charge on any atom is 0.411 e. The number of hydrogen-bond acceptors (Lipinski definition) is 6. The van der Waals surface area contributed by atoms with Crippen LogP contribution >= 0.6 is 0 Å². The minimum Gasteiger partial charge on any atom is -0.491 e. The SMILES string of the molecule is CC(C)[C@@H](C)OC(=O)Nc1ccc(-c2c(N)c3cc(OCC4COCO4)ccc3n2C2CCC2)cc1. The Hall–Kier alpha value is -3.23. The molecule has 1 unspecified atom stereocenters. The predicted molar refractivity (Wildman–Crippen MR) is 140 cm³/mol. The molecule has 3 aromatic rings. The Labute approximate surface area is 211 Å². The highest BCUT2D eigenvalue weighted by molar-refractivity contribution is 6.02. The highest BCUT2D eigenvalue weighted by Gasteiger charge is 2.27. The van der Waals surface area contributed by atoms with Gasteiger partial charge in [-0.2, -0.15) is 0 Å². The molecule has 2 fully saturated rings. The average Bonchev–Trinajstić information content (AvgIpc) is 3.44. The Balaban J connectivity index is 1.40. The number of anilines is 2. The lowest BCUT2D eigenvalue weighted by molar-refractivity contribution is 0.0320. The van der Waals surface area contributed by atoms with Crippen molar-refractivity contribution in [1.82, 2.24) is 4.57 Å². The Morgan fingerprint density at radius 2 is 1.94 bits per heavy atom. The molecular formula is C28H35N3O5. The van der Waals surface area contributed by atoms with Crippen LogP contribution in [0.4, 0.5) is 16.2 Å². The van der Waals surface area contributed by atoms with Crippen LogP contribution in [0, 0.1) is 5.92 Å². The van der Waals surface area contributed by atoms with Gasteiger partial charge in [0.05, 0.1) is 23.5 Å². The van der Waals surface area contributed by atoms with E-state index in [1.165, 1.54) is 6.42 Å². The van der Waals surface area contributed by atoms with Crippen molar-refractivity contribution in [1.29, 1.82) is 0 Å². The second kappa shape index (κ2) is 10.4. The molecule has 1 saturated heterocycles. The number of carbonyl (C=O) groups excluding carboxylic acids is 1. The number of aromatic nitrogens is 1. The van der Waals surface area contributed by atoms with E-state index in [0.29, 0.717) is 31.7 Å². The second-order valence-corrected chi connectivity index (χ2v) is 10.0. The smallest absolute Gasteiger partial charge is 0.411 e. The molecule has 8 nitrogen and oxygen atoms in total. The monoisotopic (exact) mass is 493 g/mol. The van der Waals surface area contributed by atoms with E-state index in [0.717, 1.165) is 46.4 Å². The molecule has 1 aliphatic heterocycles. The molecule has 1 aromatic heterocycles. The summed E-state index contributed by atoms with van der Waals surface area (Å²) in [5, 5.41) is 3.80. The van der Waals surface area contributed by atoms with Gasteiger partial charge in [0.25, 0.3) is 0 Å². The summed E-state index contributed by atoms with van der Waals surface area (Å²) < 4.78 is 24.5. The van der Waals surface area contributed by atoms with Crippen LogP contribution in [0.3, 0.4) is 0 Å². The van der Waals surface area contributed by atoms with E-state index >= 15 is 0 Å². The van der Waals surface area contributed by atoms with E-state index < -0.39 is 6.09 Å². The summed E-state index contributed by atoms with van der Waals surface area (Å²) >= 11 is 0. The molecular weight excluding hydrogens is 458 g/mol. The molecule has 0 radical (unpaired) electrons. The molecule has 8 heteroatoms. The molecule has 192 valence electrons. The summed E-state index contributed by atoms with van der Waals surface area (Å²) in [6.45, 7) is 7.24. The number of amides is 1. The lowest BCUT2D eigenvalue weighted by Gasteiger charge is -2.30. The third kappa shape index (κ3) is 5.01. The first kappa shape index (κ1) is 24.5. The maximum atomic E-state index is 12.2. The van der Waals surface area contributed by atoms with Crippen molar-refractivity contribution < 1.29 is 23.7 Å². The second-order valence-electron chi connectivity index (χ2n) is 10.0. The van der Waals surface area contributed by atoms with Crippen molar-refractivity contribution in [3.8, 4) is 17.0 Å². The highest BCUT2D eigenvalue weighted by atomic mass is 16.7. The number of hydrogen-bond donors (Lipinski definition) is 2. The van der Waals surface area contributed by atoms with E-state index in [1.807, 2.05) is 57.2 Å². The Morgan fingerprint density at radius 3 is 2.58 bits per heavy atom. The molecule has 2 atom stereocenters. The van der Waals surface area contributed by atoms with E-state index in [4.69, 9.17) is 24.7 Å². The number of nitrogen functional groups attached to an aromatic ring is 1. The van der Waals surface area contributed by atoms with E-state index in [-0.39, 0.29) is 18.1 Å². The van der Waals surface area contributed by atoms with E-state index in [1.54, 1.807) is 0 Å². The number of nitrogens with zero attached hydrogens (tertiary/aromatic N) is 1. The van der Waals surface area contributed by atoms with Gasteiger partial charge in [0.2, 0.25) is 0 Å². The van der Waals surface area contributed by atoms with Gasteiger partial charge in [-0.05, 0) is 62.4 Å². The fourth-order valence-electron chi connectivity index (χ4n) is 4.55. The van der Waals surface area contributed by atoms with Gasteiger partial charge in [0.1, 0.15) is 31.4 Å². The van der Waals surface area contributed by atoms with Crippen LogP contribution < -0.4 is 15.8 Å². The van der Waals surface area contributed by atoms with Gasteiger partial charge in [-0.1, -0.05) is 26.0 Å². The molecule has 0 bridgehead atoms. The summed E-state index contributed by atoms with van der Waals surface area (Å²) in [5.74, 6) is 1.01. The minimum atomic E-state index is -0.450. The fourth-order valence-corrected chi connectivity index (χ4v) is 4.55. The molecule has 0 spiro atoms. The molecule has 2 aliphatic rings. The molecule has 36 heavy (non-hydrogen) atoms. The topological polar surface area (TPSA) is 97.0 Å². The molecule has 5 rings (SSSR count). The van der Waals surface area contributed by atoms with Crippen LogP contribution in [0.5, 0.6) is 5.75 Å². The first-order chi connectivity index (χ1) is 17.4. The van der Waals surface area contributed by atoms with Crippen LogP contribution in [0.15, 0.2) is 42.5 Å². The lowest BCUT2D eigenvalue weighted by Crippen LogP contribution is -2.23. The summed E-state index contributed by atoms with van der Waals surface area (Å²) in [7, 11) is 0. The summed E-state index contributed by atoms with van der Waals surface area (Å²) in [6, 6.07) is 14.3. The van der Waals surface area contributed by atoms with Gasteiger partial charge in [-0.15, -0.1) is 0 Å². The normalized spacial score (nSPS) is 18.8. The van der Waals surface area contributed by atoms with Crippen molar-refractivity contribution in [3.05, 3.63) is 42.5 Å². The van der Waals surface area contributed by atoms with Gasteiger partial charge in [-0.3, -0.25) is 5.32 Å². The number of fused-ring (bicyclic) bond motifs is 1. The average molecular weight is 494 g/mol. The highest BCUT2D eigenvalue weighted by Crippen LogP contribution is 2.45. The summed E-state index contributed by atoms with van der Waals surface area (Å²) in [6.07, 6.45) is 2.82. The van der Waals surface area contributed by atoms with Crippen molar-refractivity contribution in [3.63, 3.8) is 0 Å². The molecule has 1 saturated carbocycles. The van der Waals surface area contributed by atoms with Crippen molar-refractivity contribution in [2.45, 2.75) is 58.3 Å². The summed E-state index contributed by atoms with van der Waals surface area (Å²) in [4.78, 5) is 12.2. The molecule has 1 amide bonds. The van der Waals surface area contributed by atoms with Gasteiger partial charge >= 0.3 is 6.09 Å². The van der Waals surface area contributed by atoms with E-state index in [9.17, 15) is 4.79 Å². The van der Waals surface area contributed by atoms with Crippen LogP contribution in [0.1, 0.15) is 46.1 Å². The first-order valence-corrected chi connectivity index (χ1v) is 12.7. The third-order valence-electron chi connectivity index (χ3n) is 7.22. The van der Waals surface area contributed by atoms with Gasteiger partial charge < -0.3 is 29.2 Å². The molecule has 2 heterocycles. The lowest BCUT2D eigenvalue weighted by atomic mass is 9.92. The van der Waals surface area contributed by atoms with Gasteiger partial charge in [0, 0.05) is 22.7 Å². The standard InChI is InChI=1S/C28H35N3O5/c1-17(2)18(3)36-28(32)30-20-9-7-19(8-10-20)27-26(29)24-13-22(34-15-23-14-33-16-35-23)11-12-25(24)31(27)21-5-4-6-21/h7-13,17-18,21,23H,4-6,14-16,29H2,1-3H3,(H,30,32)/t18-,23?/m1/s1. The number of rotatable bonds is 8. The number of carbonyl (C=O) groups is 1. The zero-order valence-corrected chi connectivity index (χ0v) is 21.2. The maximum absolute atomic E-state index is 12.2. The van der Waals surface area contributed by atoms with Gasteiger partial charge in [-0.25, -0.2) is 4.79 Å². The quantitative estimate of drug-likeness (QED) is 0.402.